The number of ether oxygens (including phenoxy) is 2. The predicted octanol–water partition coefficient (Wildman–Crippen LogP) is 1.95. The van der Waals surface area contributed by atoms with Gasteiger partial charge in [-0.25, -0.2) is 4.98 Å². The molecule has 3 rings (SSSR count). The van der Waals surface area contributed by atoms with E-state index in [4.69, 9.17) is 15.2 Å². The minimum absolute atomic E-state index is 0.167. The normalized spacial score (nSPS) is 14.1. The maximum atomic E-state index is 12.0. The van der Waals surface area contributed by atoms with Gasteiger partial charge >= 0.3 is 0 Å². The molecular formula is C13H13N3O3S. The van der Waals surface area contributed by atoms with E-state index in [9.17, 15) is 4.79 Å². The molecule has 7 heteroatoms. The van der Waals surface area contributed by atoms with E-state index in [1.165, 1.54) is 11.3 Å². The molecule has 1 aromatic carbocycles. The lowest BCUT2D eigenvalue weighted by molar-refractivity contribution is 0.0935. The first-order chi connectivity index (χ1) is 9.63. The van der Waals surface area contributed by atoms with Gasteiger partial charge in [0.25, 0.3) is 5.91 Å². The number of rotatable bonds is 3. The van der Waals surface area contributed by atoms with Crippen LogP contribution in [0.25, 0.3) is 0 Å². The topological polar surface area (TPSA) is 86.5 Å². The van der Waals surface area contributed by atoms with Crippen molar-refractivity contribution in [1.29, 1.82) is 0 Å². The molecule has 6 nitrogen and oxygen atoms in total. The van der Waals surface area contributed by atoms with Gasteiger partial charge in [-0.15, -0.1) is 11.3 Å². The van der Waals surface area contributed by atoms with E-state index in [-0.39, 0.29) is 18.7 Å². The summed E-state index contributed by atoms with van der Waals surface area (Å²) in [4.78, 5) is 16.0. The van der Waals surface area contributed by atoms with Crippen molar-refractivity contribution in [1.82, 2.24) is 10.3 Å². The molecule has 1 atom stereocenters. The molecule has 0 saturated carbocycles. The van der Waals surface area contributed by atoms with Gasteiger partial charge in [-0.2, -0.15) is 0 Å². The summed E-state index contributed by atoms with van der Waals surface area (Å²) in [6.45, 7) is 2.13. The van der Waals surface area contributed by atoms with Crippen LogP contribution in [0.15, 0.2) is 23.6 Å². The van der Waals surface area contributed by atoms with Crippen molar-refractivity contribution in [2.24, 2.45) is 0 Å². The van der Waals surface area contributed by atoms with E-state index in [0.29, 0.717) is 16.6 Å². The van der Waals surface area contributed by atoms with Gasteiger partial charge < -0.3 is 20.5 Å². The van der Waals surface area contributed by atoms with E-state index in [1.54, 1.807) is 5.38 Å². The second-order valence-corrected chi connectivity index (χ2v) is 5.27. The van der Waals surface area contributed by atoms with Gasteiger partial charge in [-0.05, 0) is 24.6 Å². The van der Waals surface area contributed by atoms with Gasteiger partial charge in [0.15, 0.2) is 16.6 Å². The Hall–Kier alpha value is -2.28. The van der Waals surface area contributed by atoms with Crippen LogP contribution in [-0.2, 0) is 0 Å². The van der Waals surface area contributed by atoms with Crippen LogP contribution in [0.5, 0.6) is 11.5 Å². The Morgan fingerprint density at radius 3 is 3.00 bits per heavy atom. The van der Waals surface area contributed by atoms with E-state index >= 15 is 0 Å². The minimum atomic E-state index is -0.247. The number of nitrogen functional groups attached to an aromatic ring is 1. The molecule has 1 amide bonds. The highest BCUT2D eigenvalue weighted by Gasteiger charge is 2.18. The van der Waals surface area contributed by atoms with E-state index in [0.717, 1.165) is 11.3 Å². The number of nitrogens with zero attached hydrogens (tertiary/aromatic N) is 1. The predicted molar refractivity (Wildman–Crippen MR) is 75.0 cm³/mol. The minimum Gasteiger partial charge on any atom is -0.454 e. The molecule has 1 aliphatic heterocycles. The number of hydrogen-bond donors (Lipinski definition) is 2. The number of hydrogen-bond acceptors (Lipinski definition) is 6. The molecular weight excluding hydrogens is 278 g/mol. The monoisotopic (exact) mass is 291 g/mol. The lowest BCUT2D eigenvalue weighted by atomic mass is 10.1. The van der Waals surface area contributed by atoms with Crippen LogP contribution in [0.2, 0.25) is 0 Å². The first-order valence-electron chi connectivity index (χ1n) is 6.05. The third kappa shape index (κ3) is 2.39. The molecule has 20 heavy (non-hydrogen) atoms. The van der Waals surface area contributed by atoms with Gasteiger partial charge in [0.1, 0.15) is 5.69 Å². The fraction of sp³-hybridized carbons (Fsp3) is 0.231. The summed E-state index contributed by atoms with van der Waals surface area (Å²) in [6.07, 6.45) is 0. The number of thiazole rings is 1. The summed E-state index contributed by atoms with van der Waals surface area (Å²) in [5.41, 5.74) is 6.79. The quantitative estimate of drug-likeness (QED) is 0.902. The molecule has 1 aromatic heterocycles. The summed E-state index contributed by atoms with van der Waals surface area (Å²) in [5.74, 6) is 1.17. The van der Waals surface area contributed by atoms with Crippen molar-refractivity contribution in [3.05, 3.63) is 34.8 Å². The number of nitrogens with two attached hydrogens (primary N) is 1. The zero-order chi connectivity index (χ0) is 14.1. The van der Waals surface area contributed by atoms with E-state index in [2.05, 4.69) is 10.3 Å². The molecule has 0 saturated heterocycles. The SMILES string of the molecule is CC(NC(=O)c1csc(N)n1)c1ccc2c(c1)OCO2. The van der Waals surface area contributed by atoms with Crippen LogP contribution in [0.4, 0.5) is 5.13 Å². The third-order valence-corrected chi connectivity index (χ3v) is 3.67. The molecule has 0 aliphatic carbocycles. The van der Waals surface area contributed by atoms with Crippen molar-refractivity contribution in [2.45, 2.75) is 13.0 Å². The molecule has 0 radical (unpaired) electrons. The summed E-state index contributed by atoms with van der Waals surface area (Å²) >= 11 is 1.24. The van der Waals surface area contributed by atoms with Crippen molar-refractivity contribution in [3.8, 4) is 11.5 Å². The molecule has 1 unspecified atom stereocenters. The zero-order valence-electron chi connectivity index (χ0n) is 10.8. The van der Waals surface area contributed by atoms with E-state index < -0.39 is 0 Å². The maximum Gasteiger partial charge on any atom is 0.271 e. The molecule has 0 fully saturated rings. The Labute approximate surface area is 119 Å². The first-order valence-corrected chi connectivity index (χ1v) is 6.93. The summed E-state index contributed by atoms with van der Waals surface area (Å²) in [7, 11) is 0. The smallest absolute Gasteiger partial charge is 0.271 e. The third-order valence-electron chi connectivity index (χ3n) is 3.00. The fourth-order valence-corrected chi connectivity index (χ4v) is 2.47. The van der Waals surface area contributed by atoms with Crippen LogP contribution in [0, 0.1) is 0 Å². The van der Waals surface area contributed by atoms with Gasteiger partial charge in [0.2, 0.25) is 6.79 Å². The van der Waals surface area contributed by atoms with Crippen molar-refractivity contribution in [3.63, 3.8) is 0 Å². The van der Waals surface area contributed by atoms with Crippen LogP contribution in [0.3, 0.4) is 0 Å². The van der Waals surface area contributed by atoms with Gasteiger partial charge in [-0.1, -0.05) is 6.07 Å². The first kappa shape index (κ1) is 12.7. The number of benzene rings is 1. The molecule has 1 aliphatic rings. The number of amides is 1. The number of aromatic nitrogens is 1. The Bertz CT molecular complexity index is 656. The Morgan fingerprint density at radius 1 is 1.45 bits per heavy atom. The zero-order valence-corrected chi connectivity index (χ0v) is 11.6. The molecule has 0 bridgehead atoms. The largest absolute Gasteiger partial charge is 0.454 e. The van der Waals surface area contributed by atoms with Crippen LogP contribution < -0.4 is 20.5 Å². The Kier molecular flexibility index (Phi) is 3.19. The van der Waals surface area contributed by atoms with Crippen molar-refractivity contribution in [2.75, 3.05) is 12.5 Å². The fourth-order valence-electron chi connectivity index (χ4n) is 1.93. The Morgan fingerprint density at radius 2 is 2.25 bits per heavy atom. The second kappa shape index (κ2) is 5.01. The van der Waals surface area contributed by atoms with Gasteiger partial charge in [-0.3, -0.25) is 4.79 Å². The number of fused-ring (bicyclic) bond motifs is 1. The number of anilines is 1. The number of carbonyl (C=O) groups excluding carboxylic acids is 1. The molecule has 0 spiro atoms. The van der Waals surface area contributed by atoms with Gasteiger partial charge in [0, 0.05) is 5.38 Å². The standard InChI is InChI=1S/C13H13N3O3S/c1-7(15-12(17)9-5-20-13(14)16-9)8-2-3-10-11(4-8)19-6-18-10/h2-5,7H,6H2,1H3,(H2,14,16)(H,15,17). The lowest BCUT2D eigenvalue weighted by Crippen LogP contribution is -2.26. The van der Waals surface area contributed by atoms with Crippen molar-refractivity contribution < 1.29 is 14.3 Å². The highest BCUT2D eigenvalue weighted by molar-refractivity contribution is 7.13. The van der Waals surface area contributed by atoms with Crippen LogP contribution >= 0.6 is 11.3 Å². The summed E-state index contributed by atoms with van der Waals surface area (Å²) < 4.78 is 10.6. The van der Waals surface area contributed by atoms with Crippen LogP contribution in [0.1, 0.15) is 29.0 Å². The second-order valence-electron chi connectivity index (χ2n) is 4.38. The van der Waals surface area contributed by atoms with Crippen LogP contribution in [-0.4, -0.2) is 17.7 Å². The maximum absolute atomic E-state index is 12.0. The molecule has 3 N–H and O–H groups in total. The molecule has 2 heterocycles. The van der Waals surface area contributed by atoms with Gasteiger partial charge in [0.05, 0.1) is 6.04 Å². The average molecular weight is 291 g/mol. The summed E-state index contributed by atoms with van der Waals surface area (Å²) in [5, 5.41) is 4.89. The summed E-state index contributed by atoms with van der Waals surface area (Å²) in [6, 6.07) is 5.43. The highest BCUT2D eigenvalue weighted by Crippen LogP contribution is 2.34. The van der Waals surface area contributed by atoms with Crippen molar-refractivity contribution >= 4 is 22.4 Å². The lowest BCUT2D eigenvalue weighted by Gasteiger charge is -2.13. The number of carbonyl (C=O) groups is 1. The Balaban J connectivity index is 1.73. The molecule has 104 valence electrons. The van der Waals surface area contributed by atoms with E-state index in [1.807, 2.05) is 25.1 Å². The average Bonchev–Trinajstić information content (AvgIpc) is 3.05. The molecule has 2 aromatic rings. The highest BCUT2D eigenvalue weighted by atomic mass is 32.1. The number of nitrogens with one attached hydrogen (secondary N) is 1.